The van der Waals surface area contributed by atoms with Crippen molar-refractivity contribution in [3.8, 4) is 6.07 Å². The summed E-state index contributed by atoms with van der Waals surface area (Å²) in [6, 6.07) is 14.3. The quantitative estimate of drug-likeness (QED) is 0.433. The van der Waals surface area contributed by atoms with E-state index in [9.17, 15) is 8.78 Å². The van der Waals surface area contributed by atoms with Crippen LogP contribution in [0.15, 0.2) is 67.6 Å². The maximum atomic E-state index is 13.8. The van der Waals surface area contributed by atoms with Crippen LogP contribution in [0.5, 0.6) is 0 Å². The minimum absolute atomic E-state index is 0.00998. The Morgan fingerprint density at radius 1 is 1.12 bits per heavy atom. The first-order valence-electron chi connectivity index (χ1n) is 11.3. The number of aromatic nitrogens is 2. The van der Waals surface area contributed by atoms with Crippen LogP contribution in [0.4, 0.5) is 26.0 Å². The zero-order chi connectivity index (χ0) is 24.3. The molecule has 0 atom stereocenters. The Bertz CT molecular complexity index is 1190. The third-order valence-corrected chi connectivity index (χ3v) is 6.20. The minimum Gasteiger partial charge on any atom is -0.356 e. The fourth-order valence-electron chi connectivity index (χ4n) is 4.39. The second-order valence-electron chi connectivity index (χ2n) is 8.71. The molecule has 0 radical (unpaired) electrons. The van der Waals surface area contributed by atoms with Crippen molar-refractivity contribution in [2.24, 2.45) is 0 Å². The molecule has 0 unspecified atom stereocenters. The number of halogens is 2. The predicted octanol–water partition coefficient (Wildman–Crippen LogP) is 6.30. The standard InChI is InChI=1S/C27H27F2N5/c1-19(2)24-10-13-31-18-25(24)34(22-7-5-21(6-8-22)27(3,28)29)23-11-14-33(15-12-23)26-9-4-20(16-30)17-32-26/h4-10,13,17-18,23H,1,11-12,14-15H2,2-3H3. The molecule has 0 spiro atoms. The first-order valence-corrected chi connectivity index (χ1v) is 11.3. The number of allylic oxidation sites excluding steroid dienone is 1. The Morgan fingerprint density at radius 2 is 1.82 bits per heavy atom. The molecule has 1 aromatic carbocycles. The molecule has 0 aliphatic carbocycles. The lowest BCUT2D eigenvalue weighted by atomic mass is 9.98. The molecule has 174 valence electrons. The van der Waals surface area contributed by atoms with Gasteiger partial charge >= 0.3 is 0 Å². The number of anilines is 3. The zero-order valence-corrected chi connectivity index (χ0v) is 19.4. The van der Waals surface area contributed by atoms with Crippen molar-refractivity contribution in [1.82, 2.24) is 9.97 Å². The van der Waals surface area contributed by atoms with E-state index < -0.39 is 5.92 Å². The van der Waals surface area contributed by atoms with Crippen molar-refractivity contribution in [2.75, 3.05) is 22.9 Å². The largest absolute Gasteiger partial charge is 0.356 e. The lowest BCUT2D eigenvalue weighted by Crippen LogP contribution is -2.43. The summed E-state index contributed by atoms with van der Waals surface area (Å²) in [4.78, 5) is 13.2. The highest BCUT2D eigenvalue weighted by Crippen LogP contribution is 2.38. The van der Waals surface area contributed by atoms with E-state index in [1.54, 1.807) is 30.6 Å². The number of nitriles is 1. The van der Waals surface area contributed by atoms with E-state index in [0.717, 1.165) is 61.2 Å². The minimum atomic E-state index is -2.89. The van der Waals surface area contributed by atoms with Crippen molar-refractivity contribution < 1.29 is 8.78 Å². The van der Waals surface area contributed by atoms with Gasteiger partial charge in [0.2, 0.25) is 0 Å². The molecule has 3 aromatic rings. The smallest absolute Gasteiger partial charge is 0.270 e. The molecule has 1 aliphatic rings. The lowest BCUT2D eigenvalue weighted by molar-refractivity contribution is 0.0175. The highest BCUT2D eigenvalue weighted by molar-refractivity contribution is 5.78. The van der Waals surface area contributed by atoms with E-state index in [4.69, 9.17) is 5.26 Å². The van der Waals surface area contributed by atoms with Gasteiger partial charge in [0.05, 0.1) is 17.4 Å². The van der Waals surface area contributed by atoms with Gasteiger partial charge in [0.25, 0.3) is 5.92 Å². The Morgan fingerprint density at radius 3 is 2.38 bits per heavy atom. The summed E-state index contributed by atoms with van der Waals surface area (Å²) in [5.74, 6) is -2.04. The summed E-state index contributed by atoms with van der Waals surface area (Å²) < 4.78 is 27.6. The van der Waals surface area contributed by atoms with Crippen molar-refractivity contribution in [3.63, 3.8) is 0 Å². The zero-order valence-electron chi connectivity index (χ0n) is 19.4. The van der Waals surface area contributed by atoms with Crippen LogP contribution in [0.3, 0.4) is 0 Å². The Balaban J connectivity index is 1.64. The monoisotopic (exact) mass is 459 g/mol. The average Bonchev–Trinajstić information content (AvgIpc) is 2.85. The molecular formula is C27H27F2N5. The summed E-state index contributed by atoms with van der Waals surface area (Å²) in [5.41, 5.74) is 4.19. The van der Waals surface area contributed by atoms with Crippen LogP contribution in [-0.2, 0) is 5.92 Å². The topological polar surface area (TPSA) is 56.1 Å². The number of hydrogen-bond acceptors (Lipinski definition) is 5. The predicted molar refractivity (Wildman–Crippen MR) is 131 cm³/mol. The van der Waals surface area contributed by atoms with Gasteiger partial charge < -0.3 is 9.80 Å². The van der Waals surface area contributed by atoms with Gasteiger partial charge in [0.1, 0.15) is 11.9 Å². The summed E-state index contributed by atoms with van der Waals surface area (Å²) in [6.07, 6.45) is 6.84. The van der Waals surface area contributed by atoms with Gasteiger partial charge in [-0.3, -0.25) is 4.98 Å². The van der Waals surface area contributed by atoms with Gasteiger partial charge in [-0.25, -0.2) is 13.8 Å². The van der Waals surface area contributed by atoms with Gasteiger partial charge in [-0.15, -0.1) is 0 Å². The molecule has 5 nitrogen and oxygen atoms in total. The molecule has 7 heteroatoms. The van der Waals surface area contributed by atoms with E-state index >= 15 is 0 Å². The summed E-state index contributed by atoms with van der Waals surface area (Å²) in [5, 5.41) is 9.01. The van der Waals surface area contributed by atoms with E-state index in [-0.39, 0.29) is 11.6 Å². The fourth-order valence-corrected chi connectivity index (χ4v) is 4.39. The van der Waals surface area contributed by atoms with Crippen LogP contribution in [0.25, 0.3) is 5.57 Å². The van der Waals surface area contributed by atoms with E-state index in [1.807, 2.05) is 25.3 Å². The molecule has 1 aliphatic heterocycles. The highest BCUT2D eigenvalue weighted by Gasteiger charge is 2.29. The molecule has 34 heavy (non-hydrogen) atoms. The Hall–Kier alpha value is -3.79. The van der Waals surface area contributed by atoms with Crippen LogP contribution < -0.4 is 9.80 Å². The third-order valence-electron chi connectivity index (χ3n) is 6.20. The second-order valence-corrected chi connectivity index (χ2v) is 8.71. The normalized spacial score (nSPS) is 14.5. The molecule has 1 saturated heterocycles. The number of benzene rings is 1. The van der Waals surface area contributed by atoms with Gasteiger partial charge in [0.15, 0.2) is 0 Å². The lowest BCUT2D eigenvalue weighted by Gasteiger charge is -2.41. The van der Waals surface area contributed by atoms with Crippen molar-refractivity contribution in [3.05, 3.63) is 84.3 Å². The molecule has 1 fully saturated rings. The third kappa shape index (κ3) is 4.91. The van der Waals surface area contributed by atoms with Crippen molar-refractivity contribution >= 4 is 22.8 Å². The van der Waals surface area contributed by atoms with Crippen LogP contribution in [0.1, 0.15) is 43.4 Å². The van der Waals surface area contributed by atoms with E-state index in [1.165, 1.54) is 12.1 Å². The first-order chi connectivity index (χ1) is 16.3. The number of rotatable bonds is 6. The fraction of sp³-hybridized carbons (Fsp3) is 0.296. The van der Waals surface area contributed by atoms with Crippen molar-refractivity contribution in [2.45, 2.75) is 38.7 Å². The Kier molecular flexibility index (Phi) is 6.60. The maximum Gasteiger partial charge on any atom is 0.270 e. The maximum absolute atomic E-state index is 13.8. The van der Waals surface area contributed by atoms with Crippen LogP contribution in [0, 0.1) is 11.3 Å². The molecular weight excluding hydrogens is 432 g/mol. The van der Waals surface area contributed by atoms with Crippen LogP contribution >= 0.6 is 0 Å². The number of pyridine rings is 2. The van der Waals surface area contributed by atoms with Gasteiger partial charge in [-0.05, 0) is 55.7 Å². The van der Waals surface area contributed by atoms with Gasteiger partial charge in [-0.2, -0.15) is 5.26 Å². The number of hydrogen-bond donors (Lipinski definition) is 0. The SMILES string of the molecule is C=C(C)c1ccncc1N(c1ccc(C(C)(F)F)cc1)C1CCN(c2ccc(C#N)cn2)CC1. The molecule has 0 N–H and O–H groups in total. The van der Waals surface area contributed by atoms with E-state index in [0.29, 0.717) is 5.56 Å². The first kappa shape index (κ1) is 23.4. The molecule has 3 heterocycles. The highest BCUT2D eigenvalue weighted by atomic mass is 19.3. The van der Waals surface area contributed by atoms with Crippen molar-refractivity contribution in [1.29, 1.82) is 5.26 Å². The van der Waals surface area contributed by atoms with Gasteiger partial charge in [-0.1, -0.05) is 18.7 Å². The summed E-state index contributed by atoms with van der Waals surface area (Å²) in [7, 11) is 0. The summed E-state index contributed by atoms with van der Waals surface area (Å²) >= 11 is 0. The molecule has 4 rings (SSSR count). The number of alkyl halides is 2. The average molecular weight is 460 g/mol. The second kappa shape index (κ2) is 9.60. The number of nitrogens with zero attached hydrogens (tertiary/aromatic N) is 5. The van der Waals surface area contributed by atoms with Crippen LogP contribution in [0.2, 0.25) is 0 Å². The summed E-state index contributed by atoms with van der Waals surface area (Å²) in [6.45, 7) is 8.56. The number of piperidine rings is 1. The van der Waals surface area contributed by atoms with Gasteiger partial charge in [0, 0.05) is 55.3 Å². The molecule has 0 bridgehead atoms. The Labute approximate surface area is 199 Å². The molecule has 0 saturated carbocycles. The van der Waals surface area contributed by atoms with Crippen LogP contribution in [-0.4, -0.2) is 29.1 Å². The molecule has 2 aromatic heterocycles. The van der Waals surface area contributed by atoms with E-state index in [2.05, 4.69) is 32.4 Å². The molecule has 0 amide bonds.